The summed E-state index contributed by atoms with van der Waals surface area (Å²) in [6.45, 7) is 6.88. The Morgan fingerprint density at radius 3 is 2.95 bits per heavy atom. The summed E-state index contributed by atoms with van der Waals surface area (Å²) in [4.78, 5) is 4.86. The van der Waals surface area contributed by atoms with Crippen LogP contribution in [0.25, 0.3) is 11.0 Å². The molecule has 1 aromatic carbocycles. The minimum absolute atomic E-state index is 0.474. The first-order chi connectivity index (χ1) is 9.75. The third kappa shape index (κ3) is 2.73. The highest BCUT2D eigenvalue weighted by Gasteiger charge is 2.17. The van der Waals surface area contributed by atoms with Crippen LogP contribution in [0.5, 0.6) is 0 Å². The van der Waals surface area contributed by atoms with Crippen LogP contribution in [0, 0.1) is 5.92 Å². The Hall–Kier alpha value is -1.35. The summed E-state index contributed by atoms with van der Waals surface area (Å²) in [5.41, 5.74) is 2.41. The number of rotatable bonds is 4. The summed E-state index contributed by atoms with van der Waals surface area (Å²) in [5.74, 6) is 2.08. The van der Waals surface area contributed by atoms with Gasteiger partial charge >= 0.3 is 0 Å². The molecule has 1 aliphatic heterocycles. The molecule has 1 aliphatic rings. The smallest absolute Gasteiger partial charge is 0.110 e. The van der Waals surface area contributed by atoms with Gasteiger partial charge in [-0.1, -0.05) is 12.1 Å². The first-order valence-electron chi connectivity index (χ1n) is 7.92. The van der Waals surface area contributed by atoms with E-state index < -0.39 is 0 Å². The molecule has 108 valence electrons. The second-order valence-corrected chi connectivity index (χ2v) is 6.23. The van der Waals surface area contributed by atoms with Gasteiger partial charge in [0.15, 0.2) is 0 Å². The fourth-order valence-corrected chi connectivity index (χ4v) is 3.35. The van der Waals surface area contributed by atoms with E-state index in [0.717, 1.165) is 17.9 Å². The van der Waals surface area contributed by atoms with E-state index in [1.165, 1.54) is 43.7 Å². The van der Waals surface area contributed by atoms with E-state index in [1.807, 2.05) is 0 Å². The van der Waals surface area contributed by atoms with Crippen LogP contribution in [0.4, 0.5) is 0 Å². The molecule has 0 radical (unpaired) electrons. The van der Waals surface area contributed by atoms with Crippen LogP contribution in [0.1, 0.15) is 45.0 Å². The molecule has 3 heteroatoms. The summed E-state index contributed by atoms with van der Waals surface area (Å²) in [6, 6.07) is 8.97. The third-order valence-corrected chi connectivity index (χ3v) is 4.36. The summed E-state index contributed by atoms with van der Waals surface area (Å²) in [7, 11) is 0. The maximum atomic E-state index is 4.86. The highest BCUT2D eigenvalue weighted by Crippen LogP contribution is 2.23. The van der Waals surface area contributed by atoms with Crippen molar-refractivity contribution in [3.63, 3.8) is 0 Å². The SMILES string of the molecule is CC(C)n1c(CCC2CCCNC2)nc2ccccc21. The lowest BCUT2D eigenvalue weighted by Crippen LogP contribution is -2.30. The topological polar surface area (TPSA) is 29.9 Å². The Labute approximate surface area is 121 Å². The minimum atomic E-state index is 0.474. The molecule has 1 fully saturated rings. The van der Waals surface area contributed by atoms with Gasteiger partial charge in [-0.3, -0.25) is 0 Å². The molecule has 1 aromatic heterocycles. The fraction of sp³-hybridized carbons (Fsp3) is 0.588. The van der Waals surface area contributed by atoms with Crippen LogP contribution in [-0.4, -0.2) is 22.6 Å². The number of fused-ring (bicyclic) bond motifs is 1. The number of para-hydroxylation sites is 2. The van der Waals surface area contributed by atoms with Crippen LogP contribution >= 0.6 is 0 Å². The third-order valence-electron chi connectivity index (χ3n) is 4.36. The molecule has 2 aromatic rings. The number of piperidine rings is 1. The Morgan fingerprint density at radius 2 is 2.20 bits per heavy atom. The van der Waals surface area contributed by atoms with Gasteiger partial charge in [-0.15, -0.1) is 0 Å². The largest absolute Gasteiger partial charge is 0.325 e. The predicted molar refractivity (Wildman–Crippen MR) is 84.0 cm³/mol. The number of nitrogens with one attached hydrogen (secondary N) is 1. The molecule has 0 bridgehead atoms. The van der Waals surface area contributed by atoms with Gasteiger partial charge < -0.3 is 9.88 Å². The number of nitrogens with zero attached hydrogens (tertiary/aromatic N) is 2. The van der Waals surface area contributed by atoms with E-state index in [0.29, 0.717) is 6.04 Å². The molecule has 1 unspecified atom stereocenters. The maximum Gasteiger partial charge on any atom is 0.110 e. The molecule has 2 heterocycles. The Balaban J connectivity index is 1.81. The van der Waals surface area contributed by atoms with Crippen molar-refractivity contribution in [3.05, 3.63) is 30.1 Å². The van der Waals surface area contributed by atoms with Crippen molar-refractivity contribution in [1.82, 2.24) is 14.9 Å². The molecule has 0 aliphatic carbocycles. The molecular formula is C17H25N3. The summed E-state index contributed by atoms with van der Waals surface area (Å²) >= 11 is 0. The molecule has 1 atom stereocenters. The monoisotopic (exact) mass is 271 g/mol. The first kappa shape index (κ1) is 13.6. The molecule has 1 saturated heterocycles. The minimum Gasteiger partial charge on any atom is -0.325 e. The zero-order valence-electron chi connectivity index (χ0n) is 12.6. The number of hydrogen-bond acceptors (Lipinski definition) is 2. The van der Waals surface area contributed by atoms with Gasteiger partial charge in [-0.2, -0.15) is 0 Å². The van der Waals surface area contributed by atoms with Crippen molar-refractivity contribution in [1.29, 1.82) is 0 Å². The van der Waals surface area contributed by atoms with E-state index in [-0.39, 0.29) is 0 Å². The van der Waals surface area contributed by atoms with Crippen LogP contribution in [0.3, 0.4) is 0 Å². The van der Waals surface area contributed by atoms with Crippen LogP contribution in [0.2, 0.25) is 0 Å². The van der Waals surface area contributed by atoms with Gasteiger partial charge in [0, 0.05) is 12.5 Å². The van der Waals surface area contributed by atoms with E-state index in [1.54, 1.807) is 0 Å². The number of aromatic nitrogens is 2. The Kier molecular flexibility index (Phi) is 4.06. The molecule has 0 spiro atoms. The Morgan fingerprint density at radius 1 is 1.35 bits per heavy atom. The lowest BCUT2D eigenvalue weighted by atomic mass is 9.94. The molecule has 3 nitrogen and oxygen atoms in total. The fourth-order valence-electron chi connectivity index (χ4n) is 3.35. The highest BCUT2D eigenvalue weighted by atomic mass is 15.1. The van der Waals surface area contributed by atoms with E-state index in [4.69, 9.17) is 4.98 Å². The van der Waals surface area contributed by atoms with Gasteiger partial charge in [-0.05, 0) is 64.3 Å². The number of aryl methyl sites for hydroxylation is 1. The summed E-state index contributed by atoms with van der Waals surface area (Å²) in [5, 5.41) is 3.51. The standard InChI is InChI=1S/C17H25N3/c1-13(2)20-16-8-4-3-7-15(16)19-17(20)10-9-14-6-5-11-18-12-14/h3-4,7-8,13-14,18H,5-6,9-12H2,1-2H3. The van der Waals surface area contributed by atoms with Crippen molar-refractivity contribution >= 4 is 11.0 Å². The average molecular weight is 271 g/mol. The number of benzene rings is 1. The Bertz CT molecular complexity index is 565. The average Bonchev–Trinajstić information content (AvgIpc) is 2.84. The van der Waals surface area contributed by atoms with Crippen molar-refractivity contribution in [2.24, 2.45) is 5.92 Å². The van der Waals surface area contributed by atoms with Crippen molar-refractivity contribution < 1.29 is 0 Å². The molecular weight excluding hydrogens is 246 g/mol. The zero-order valence-corrected chi connectivity index (χ0v) is 12.6. The molecule has 0 amide bonds. The summed E-state index contributed by atoms with van der Waals surface area (Å²) < 4.78 is 2.41. The van der Waals surface area contributed by atoms with Gasteiger partial charge in [0.05, 0.1) is 11.0 Å². The second-order valence-electron chi connectivity index (χ2n) is 6.23. The van der Waals surface area contributed by atoms with Crippen LogP contribution < -0.4 is 5.32 Å². The number of imidazole rings is 1. The van der Waals surface area contributed by atoms with Gasteiger partial charge in [0.25, 0.3) is 0 Å². The maximum absolute atomic E-state index is 4.86. The summed E-state index contributed by atoms with van der Waals surface area (Å²) in [6.07, 6.45) is 5.04. The molecule has 20 heavy (non-hydrogen) atoms. The van der Waals surface area contributed by atoms with Crippen LogP contribution in [0.15, 0.2) is 24.3 Å². The van der Waals surface area contributed by atoms with Crippen molar-refractivity contribution in [2.45, 2.75) is 45.6 Å². The normalized spacial score (nSPS) is 19.9. The van der Waals surface area contributed by atoms with Gasteiger partial charge in [0.1, 0.15) is 5.82 Å². The van der Waals surface area contributed by atoms with Gasteiger partial charge in [-0.25, -0.2) is 4.98 Å². The highest BCUT2D eigenvalue weighted by molar-refractivity contribution is 5.76. The molecule has 0 saturated carbocycles. The molecule has 3 rings (SSSR count). The van der Waals surface area contributed by atoms with Crippen molar-refractivity contribution in [2.75, 3.05) is 13.1 Å². The lowest BCUT2D eigenvalue weighted by Gasteiger charge is -2.23. The van der Waals surface area contributed by atoms with Crippen molar-refractivity contribution in [3.8, 4) is 0 Å². The quantitative estimate of drug-likeness (QED) is 0.921. The first-order valence-corrected chi connectivity index (χ1v) is 7.92. The van der Waals surface area contributed by atoms with Gasteiger partial charge in [0.2, 0.25) is 0 Å². The van der Waals surface area contributed by atoms with E-state index in [2.05, 4.69) is 48.0 Å². The van der Waals surface area contributed by atoms with E-state index in [9.17, 15) is 0 Å². The second kappa shape index (κ2) is 5.96. The molecule has 1 N–H and O–H groups in total. The zero-order chi connectivity index (χ0) is 13.9. The van der Waals surface area contributed by atoms with Crippen LogP contribution in [-0.2, 0) is 6.42 Å². The predicted octanol–water partition coefficient (Wildman–Crippen LogP) is 3.55. The lowest BCUT2D eigenvalue weighted by molar-refractivity contribution is 0.354. The number of hydrogen-bond donors (Lipinski definition) is 1. The van der Waals surface area contributed by atoms with E-state index >= 15 is 0 Å².